The lowest BCUT2D eigenvalue weighted by atomic mass is 9.96. The van der Waals surface area contributed by atoms with Crippen LogP contribution in [-0.2, 0) is 6.42 Å². The molecule has 2 aromatic carbocycles. The van der Waals surface area contributed by atoms with Crippen LogP contribution < -0.4 is 5.73 Å². The fourth-order valence-corrected chi connectivity index (χ4v) is 1.99. The van der Waals surface area contributed by atoms with E-state index in [1.54, 1.807) is 0 Å². The second-order valence-electron chi connectivity index (χ2n) is 4.38. The Balaban J connectivity index is 2.25. The van der Waals surface area contributed by atoms with Gasteiger partial charge in [-0.2, -0.15) is 0 Å². The average Bonchev–Trinajstić information content (AvgIpc) is 2.35. The first-order valence-corrected chi connectivity index (χ1v) is 5.83. The molecule has 2 N–H and O–H groups in total. The zero-order valence-corrected chi connectivity index (χ0v) is 10.2. The molecule has 0 saturated heterocycles. The Morgan fingerprint density at radius 3 is 2.50 bits per heavy atom. The van der Waals surface area contributed by atoms with E-state index in [4.69, 9.17) is 5.73 Å². The molecule has 0 bridgehead atoms. The number of hydrogen-bond donors (Lipinski definition) is 1. The third-order valence-electron chi connectivity index (χ3n) is 3.08. The molecule has 0 amide bonds. The highest BCUT2D eigenvalue weighted by molar-refractivity contribution is 5.29. The van der Waals surface area contributed by atoms with Crippen LogP contribution in [0.3, 0.4) is 0 Å². The lowest BCUT2D eigenvalue weighted by molar-refractivity contribution is 0.488. The molecule has 2 rings (SSSR count). The maximum Gasteiger partial charge on any atom is 0.163 e. The number of benzene rings is 2. The molecule has 0 saturated carbocycles. The van der Waals surface area contributed by atoms with Crippen LogP contribution in [0.2, 0.25) is 0 Å². The Morgan fingerprint density at radius 1 is 1.06 bits per heavy atom. The monoisotopic (exact) mass is 247 g/mol. The highest BCUT2D eigenvalue weighted by Gasteiger charge is 2.15. The van der Waals surface area contributed by atoms with Gasteiger partial charge in [0.2, 0.25) is 0 Å². The molecule has 94 valence electrons. The van der Waals surface area contributed by atoms with Crippen molar-refractivity contribution in [2.45, 2.75) is 19.4 Å². The van der Waals surface area contributed by atoms with Gasteiger partial charge in [0.25, 0.3) is 0 Å². The van der Waals surface area contributed by atoms with Crippen molar-refractivity contribution in [3.63, 3.8) is 0 Å². The molecule has 0 spiro atoms. The van der Waals surface area contributed by atoms with Gasteiger partial charge in [-0.25, -0.2) is 8.78 Å². The minimum absolute atomic E-state index is 0.221. The van der Waals surface area contributed by atoms with E-state index < -0.39 is 17.7 Å². The van der Waals surface area contributed by atoms with Crippen molar-refractivity contribution in [2.75, 3.05) is 0 Å². The third kappa shape index (κ3) is 2.57. The van der Waals surface area contributed by atoms with Gasteiger partial charge in [0.1, 0.15) is 0 Å². The van der Waals surface area contributed by atoms with E-state index in [0.29, 0.717) is 6.42 Å². The predicted octanol–water partition coefficient (Wildman–Crippen LogP) is 3.52. The quantitative estimate of drug-likeness (QED) is 0.882. The topological polar surface area (TPSA) is 26.0 Å². The van der Waals surface area contributed by atoms with Gasteiger partial charge in [-0.05, 0) is 30.5 Å². The van der Waals surface area contributed by atoms with Gasteiger partial charge in [-0.1, -0.05) is 36.4 Å². The van der Waals surface area contributed by atoms with Crippen LogP contribution in [0.25, 0.3) is 0 Å². The molecule has 1 unspecified atom stereocenters. The Morgan fingerprint density at radius 2 is 1.78 bits per heavy atom. The lowest BCUT2D eigenvalue weighted by Crippen LogP contribution is -2.16. The fraction of sp³-hybridized carbons (Fsp3) is 0.200. The molecule has 0 radical (unpaired) electrons. The van der Waals surface area contributed by atoms with Crippen LogP contribution in [0.5, 0.6) is 0 Å². The minimum atomic E-state index is -0.854. The van der Waals surface area contributed by atoms with Crippen LogP contribution in [0.1, 0.15) is 22.7 Å². The summed E-state index contributed by atoms with van der Waals surface area (Å²) in [6.07, 6.45) is 0.493. The third-order valence-corrected chi connectivity index (χ3v) is 3.08. The molecule has 1 nitrogen and oxygen atoms in total. The largest absolute Gasteiger partial charge is 0.324 e. The molecule has 0 aliphatic rings. The van der Waals surface area contributed by atoms with Crippen LogP contribution in [0, 0.1) is 18.6 Å². The van der Waals surface area contributed by atoms with E-state index in [1.807, 2.05) is 31.2 Å². The van der Waals surface area contributed by atoms with Crippen molar-refractivity contribution >= 4 is 0 Å². The van der Waals surface area contributed by atoms with Gasteiger partial charge in [0.15, 0.2) is 11.6 Å². The maximum absolute atomic E-state index is 13.6. The summed E-state index contributed by atoms with van der Waals surface area (Å²) in [5, 5.41) is 0. The number of rotatable bonds is 3. The van der Waals surface area contributed by atoms with E-state index in [1.165, 1.54) is 12.1 Å². The molecular weight excluding hydrogens is 232 g/mol. The first-order chi connectivity index (χ1) is 8.59. The number of halogens is 2. The standard InChI is InChI=1S/C15H15F2N/c1-10-5-2-3-6-11(10)9-14(18)12-7-4-8-13(16)15(12)17/h2-8,14H,9,18H2,1H3. The first-order valence-electron chi connectivity index (χ1n) is 5.83. The molecule has 0 fully saturated rings. The van der Waals surface area contributed by atoms with Gasteiger partial charge in [-0.3, -0.25) is 0 Å². The van der Waals surface area contributed by atoms with E-state index in [9.17, 15) is 8.78 Å². The van der Waals surface area contributed by atoms with E-state index >= 15 is 0 Å². The van der Waals surface area contributed by atoms with Crippen LogP contribution in [-0.4, -0.2) is 0 Å². The van der Waals surface area contributed by atoms with E-state index in [-0.39, 0.29) is 5.56 Å². The van der Waals surface area contributed by atoms with Gasteiger partial charge in [-0.15, -0.1) is 0 Å². The summed E-state index contributed by atoms with van der Waals surface area (Å²) in [5.41, 5.74) is 8.33. The van der Waals surface area contributed by atoms with Crippen molar-refractivity contribution in [2.24, 2.45) is 5.73 Å². The molecule has 0 aromatic heterocycles. The number of nitrogens with two attached hydrogens (primary N) is 1. The van der Waals surface area contributed by atoms with Gasteiger partial charge in [0, 0.05) is 11.6 Å². The predicted molar refractivity (Wildman–Crippen MR) is 68.2 cm³/mol. The van der Waals surface area contributed by atoms with Gasteiger partial charge in [0.05, 0.1) is 0 Å². The van der Waals surface area contributed by atoms with Gasteiger partial charge >= 0.3 is 0 Å². The highest BCUT2D eigenvalue weighted by atomic mass is 19.2. The Bertz CT molecular complexity index is 552. The molecule has 0 heterocycles. The molecule has 3 heteroatoms. The summed E-state index contributed by atoms with van der Waals surface area (Å²) in [5.74, 6) is -1.70. The Hall–Kier alpha value is -1.74. The van der Waals surface area contributed by atoms with Crippen LogP contribution in [0.15, 0.2) is 42.5 Å². The summed E-state index contributed by atoms with van der Waals surface area (Å²) in [7, 11) is 0. The highest BCUT2D eigenvalue weighted by Crippen LogP contribution is 2.22. The van der Waals surface area contributed by atoms with Crippen molar-refractivity contribution in [3.05, 3.63) is 70.8 Å². The lowest BCUT2D eigenvalue weighted by Gasteiger charge is -2.14. The summed E-state index contributed by atoms with van der Waals surface area (Å²) < 4.78 is 26.7. The molecule has 2 aromatic rings. The molecule has 1 atom stereocenters. The summed E-state index contributed by atoms with van der Waals surface area (Å²) in [4.78, 5) is 0. The first kappa shape index (κ1) is 12.7. The van der Waals surface area contributed by atoms with Crippen LogP contribution in [0.4, 0.5) is 8.78 Å². The zero-order chi connectivity index (χ0) is 13.1. The summed E-state index contributed by atoms with van der Waals surface area (Å²) >= 11 is 0. The zero-order valence-electron chi connectivity index (χ0n) is 10.2. The number of aryl methyl sites for hydroxylation is 1. The second kappa shape index (κ2) is 5.27. The normalized spacial score (nSPS) is 12.4. The Labute approximate surface area is 105 Å². The van der Waals surface area contributed by atoms with Crippen LogP contribution >= 0.6 is 0 Å². The van der Waals surface area contributed by atoms with Crippen molar-refractivity contribution < 1.29 is 8.78 Å². The molecule has 0 aliphatic carbocycles. The fourth-order valence-electron chi connectivity index (χ4n) is 1.99. The molecule has 18 heavy (non-hydrogen) atoms. The smallest absolute Gasteiger partial charge is 0.163 e. The summed E-state index contributed by atoms with van der Waals surface area (Å²) in [6.45, 7) is 1.98. The molecule has 0 aliphatic heterocycles. The van der Waals surface area contributed by atoms with E-state index in [2.05, 4.69) is 0 Å². The SMILES string of the molecule is Cc1ccccc1CC(N)c1cccc(F)c1F. The van der Waals surface area contributed by atoms with Gasteiger partial charge < -0.3 is 5.73 Å². The summed E-state index contributed by atoms with van der Waals surface area (Å²) in [6, 6.07) is 11.3. The average molecular weight is 247 g/mol. The number of hydrogen-bond acceptors (Lipinski definition) is 1. The minimum Gasteiger partial charge on any atom is -0.324 e. The van der Waals surface area contributed by atoms with Crippen molar-refractivity contribution in [1.29, 1.82) is 0 Å². The second-order valence-corrected chi connectivity index (χ2v) is 4.38. The Kier molecular flexibility index (Phi) is 3.72. The molecular formula is C15H15F2N. The van der Waals surface area contributed by atoms with E-state index in [0.717, 1.165) is 17.2 Å². The maximum atomic E-state index is 13.6. The van der Waals surface area contributed by atoms with Crippen molar-refractivity contribution in [1.82, 2.24) is 0 Å². The van der Waals surface area contributed by atoms with Crippen molar-refractivity contribution in [3.8, 4) is 0 Å².